The Balaban J connectivity index is 1.98. The number of hydrogen-bond donors (Lipinski definition) is 1. The monoisotopic (exact) mass is 278 g/mol. The Kier molecular flexibility index (Phi) is 5.50. The third-order valence-corrected chi connectivity index (χ3v) is 3.91. The highest BCUT2D eigenvalue weighted by atomic mass is 16.5. The van der Waals surface area contributed by atoms with Crippen LogP contribution in [0.2, 0.25) is 0 Å². The molecule has 4 nitrogen and oxygen atoms in total. The van der Waals surface area contributed by atoms with Crippen molar-refractivity contribution < 1.29 is 9.47 Å². The van der Waals surface area contributed by atoms with Crippen LogP contribution in [0.3, 0.4) is 0 Å². The predicted molar refractivity (Wildman–Crippen MR) is 81.1 cm³/mol. The normalized spacial score (nSPS) is 22.5. The Morgan fingerprint density at radius 1 is 1.30 bits per heavy atom. The maximum Gasteiger partial charge on any atom is 0.240 e. The number of aromatic nitrogens is 1. The minimum atomic E-state index is 0.281. The highest BCUT2D eigenvalue weighted by molar-refractivity contribution is 5.49. The van der Waals surface area contributed by atoms with Crippen LogP contribution in [0, 0.1) is 5.92 Å². The SMILES string of the molecule is CCCOc1nc(OC2CCCC(CC)C2)ccc1N. The minimum Gasteiger partial charge on any atom is -0.476 e. The van der Waals surface area contributed by atoms with E-state index in [9.17, 15) is 0 Å². The number of nitrogens with zero attached hydrogens (tertiary/aromatic N) is 1. The molecule has 0 spiro atoms. The molecule has 0 aromatic carbocycles. The van der Waals surface area contributed by atoms with Crippen molar-refractivity contribution in [3.8, 4) is 11.8 Å². The van der Waals surface area contributed by atoms with Gasteiger partial charge in [-0.1, -0.05) is 26.7 Å². The maximum absolute atomic E-state index is 6.02. The van der Waals surface area contributed by atoms with Gasteiger partial charge in [0.1, 0.15) is 6.10 Å². The summed E-state index contributed by atoms with van der Waals surface area (Å²) < 4.78 is 11.6. The first-order valence-electron chi connectivity index (χ1n) is 7.78. The van der Waals surface area contributed by atoms with Gasteiger partial charge in [-0.15, -0.1) is 0 Å². The van der Waals surface area contributed by atoms with Crippen LogP contribution in [0.5, 0.6) is 11.8 Å². The molecule has 1 aliphatic rings. The molecule has 0 amide bonds. The zero-order valence-corrected chi connectivity index (χ0v) is 12.6. The van der Waals surface area contributed by atoms with Gasteiger partial charge < -0.3 is 15.2 Å². The number of pyridine rings is 1. The average molecular weight is 278 g/mol. The van der Waals surface area contributed by atoms with Gasteiger partial charge in [-0.25, -0.2) is 0 Å². The molecule has 1 fully saturated rings. The zero-order valence-electron chi connectivity index (χ0n) is 12.6. The fourth-order valence-corrected chi connectivity index (χ4v) is 2.70. The lowest BCUT2D eigenvalue weighted by Crippen LogP contribution is -2.25. The molecule has 1 aromatic rings. The smallest absolute Gasteiger partial charge is 0.240 e. The van der Waals surface area contributed by atoms with Crippen molar-refractivity contribution in [1.29, 1.82) is 0 Å². The number of hydrogen-bond acceptors (Lipinski definition) is 4. The summed E-state index contributed by atoms with van der Waals surface area (Å²) in [4.78, 5) is 4.39. The molecule has 1 aromatic heterocycles. The van der Waals surface area contributed by atoms with Gasteiger partial charge in [-0.2, -0.15) is 4.98 Å². The van der Waals surface area contributed by atoms with Crippen LogP contribution in [0.25, 0.3) is 0 Å². The summed E-state index contributed by atoms with van der Waals surface area (Å²) in [5.74, 6) is 1.91. The molecular weight excluding hydrogens is 252 g/mol. The number of ether oxygens (including phenoxy) is 2. The van der Waals surface area contributed by atoms with Crippen LogP contribution in [-0.2, 0) is 0 Å². The number of rotatable bonds is 6. The first-order chi connectivity index (χ1) is 9.72. The van der Waals surface area contributed by atoms with Crippen molar-refractivity contribution in [2.45, 2.75) is 58.5 Å². The van der Waals surface area contributed by atoms with Gasteiger partial charge in [-0.3, -0.25) is 0 Å². The van der Waals surface area contributed by atoms with E-state index in [1.165, 1.54) is 19.3 Å². The topological polar surface area (TPSA) is 57.4 Å². The first kappa shape index (κ1) is 14.9. The second kappa shape index (κ2) is 7.36. The van der Waals surface area contributed by atoms with Crippen molar-refractivity contribution in [3.63, 3.8) is 0 Å². The van der Waals surface area contributed by atoms with E-state index in [0.717, 1.165) is 25.2 Å². The van der Waals surface area contributed by atoms with Crippen molar-refractivity contribution in [2.75, 3.05) is 12.3 Å². The lowest BCUT2D eigenvalue weighted by Gasteiger charge is -2.28. The van der Waals surface area contributed by atoms with Crippen molar-refractivity contribution in [3.05, 3.63) is 12.1 Å². The lowest BCUT2D eigenvalue weighted by molar-refractivity contribution is 0.116. The molecule has 0 saturated heterocycles. The molecule has 4 heteroatoms. The standard InChI is InChI=1S/C16H26N2O2/c1-3-10-19-16-14(17)8-9-15(18-16)20-13-7-5-6-12(4-2)11-13/h8-9,12-13H,3-7,10-11,17H2,1-2H3. The Hall–Kier alpha value is -1.45. The largest absolute Gasteiger partial charge is 0.476 e. The van der Waals surface area contributed by atoms with Crippen molar-refractivity contribution >= 4 is 5.69 Å². The Labute approximate surface area is 121 Å². The fraction of sp³-hybridized carbons (Fsp3) is 0.688. The molecular formula is C16H26N2O2. The summed E-state index contributed by atoms with van der Waals surface area (Å²) in [6.07, 6.45) is 7.28. The van der Waals surface area contributed by atoms with Gasteiger partial charge in [0.25, 0.3) is 0 Å². The van der Waals surface area contributed by atoms with E-state index in [2.05, 4.69) is 18.8 Å². The van der Waals surface area contributed by atoms with Crippen molar-refractivity contribution in [2.24, 2.45) is 5.92 Å². The van der Waals surface area contributed by atoms with Gasteiger partial charge in [0, 0.05) is 6.07 Å². The average Bonchev–Trinajstić information content (AvgIpc) is 2.48. The maximum atomic E-state index is 6.02. The Morgan fingerprint density at radius 3 is 2.90 bits per heavy atom. The molecule has 1 heterocycles. The Bertz CT molecular complexity index is 423. The molecule has 112 valence electrons. The molecule has 2 unspecified atom stereocenters. The highest BCUT2D eigenvalue weighted by Gasteiger charge is 2.22. The fourth-order valence-electron chi connectivity index (χ4n) is 2.70. The summed E-state index contributed by atoms with van der Waals surface area (Å²) >= 11 is 0. The van der Waals surface area contributed by atoms with Crippen LogP contribution in [0.15, 0.2) is 12.1 Å². The summed E-state index contributed by atoms with van der Waals surface area (Å²) in [5, 5.41) is 0. The first-order valence-corrected chi connectivity index (χ1v) is 7.78. The third-order valence-electron chi connectivity index (χ3n) is 3.91. The van der Waals surface area contributed by atoms with Crippen LogP contribution in [-0.4, -0.2) is 17.7 Å². The van der Waals surface area contributed by atoms with Crippen LogP contribution < -0.4 is 15.2 Å². The van der Waals surface area contributed by atoms with E-state index in [-0.39, 0.29) is 6.10 Å². The number of anilines is 1. The van der Waals surface area contributed by atoms with E-state index >= 15 is 0 Å². The molecule has 0 radical (unpaired) electrons. The molecule has 0 aliphatic heterocycles. The highest BCUT2D eigenvalue weighted by Crippen LogP contribution is 2.30. The lowest BCUT2D eigenvalue weighted by atomic mass is 9.85. The van der Waals surface area contributed by atoms with E-state index in [4.69, 9.17) is 15.2 Å². The van der Waals surface area contributed by atoms with Crippen LogP contribution >= 0.6 is 0 Å². The molecule has 1 aliphatic carbocycles. The number of nitrogens with two attached hydrogens (primary N) is 1. The van der Waals surface area contributed by atoms with Gasteiger partial charge >= 0.3 is 0 Å². The summed E-state index contributed by atoms with van der Waals surface area (Å²) in [6.45, 7) is 4.94. The van der Waals surface area contributed by atoms with Crippen LogP contribution in [0.1, 0.15) is 52.4 Å². The van der Waals surface area contributed by atoms with Gasteiger partial charge in [0.15, 0.2) is 0 Å². The summed E-state index contributed by atoms with van der Waals surface area (Å²) in [7, 11) is 0. The number of nitrogen functional groups attached to an aromatic ring is 1. The molecule has 2 rings (SSSR count). The molecule has 2 N–H and O–H groups in total. The van der Waals surface area contributed by atoms with E-state index in [0.29, 0.717) is 24.1 Å². The second-order valence-corrected chi connectivity index (χ2v) is 5.57. The zero-order chi connectivity index (χ0) is 14.4. The summed E-state index contributed by atoms with van der Waals surface area (Å²) in [6, 6.07) is 3.65. The molecule has 0 bridgehead atoms. The molecule has 1 saturated carbocycles. The molecule has 20 heavy (non-hydrogen) atoms. The van der Waals surface area contributed by atoms with E-state index < -0.39 is 0 Å². The second-order valence-electron chi connectivity index (χ2n) is 5.57. The van der Waals surface area contributed by atoms with Crippen LogP contribution in [0.4, 0.5) is 5.69 Å². The van der Waals surface area contributed by atoms with Crippen molar-refractivity contribution in [1.82, 2.24) is 4.98 Å². The molecule has 2 atom stereocenters. The van der Waals surface area contributed by atoms with Gasteiger partial charge in [0.2, 0.25) is 11.8 Å². The van der Waals surface area contributed by atoms with Gasteiger partial charge in [-0.05, 0) is 37.7 Å². The quantitative estimate of drug-likeness (QED) is 0.860. The Morgan fingerprint density at radius 2 is 2.15 bits per heavy atom. The van der Waals surface area contributed by atoms with E-state index in [1.54, 1.807) is 0 Å². The van der Waals surface area contributed by atoms with Gasteiger partial charge in [0.05, 0.1) is 12.3 Å². The summed E-state index contributed by atoms with van der Waals surface area (Å²) in [5.41, 5.74) is 6.43. The third kappa shape index (κ3) is 4.02. The predicted octanol–water partition coefficient (Wildman–Crippen LogP) is 3.80. The van der Waals surface area contributed by atoms with E-state index in [1.807, 2.05) is 12.1 Å². The minimum absolute atomic E-state index is 0.281.